The normalized spacial score (nSPS) is 11.0. The molecule has 2 heterocycles. The maximum atomic E-state index is 12.1. The fourth-order valence-corrected chi connectivity index (χ4v) is 3.78. The number of amides is 1. The fraction of sp³-hybridized carbons (Fsp3) is 0.333. The molecule has 23 heavy (non-hydrogen) atoms. The number of carbonyl (C=O) groups is 1. The smallest absolute Gasteiger partial charge is 0.236 e. The van der Waals surface area contributed by atoms with E-state index in [1.807, 2.05) is 31.2 Å². The topological polar surface area (TPSA) is 72.7 Å². The molecule has 0 saturated carbocycles. The van der Waals surface area contributed by atoms with E-state index in [0.29, 0.717) is 10.9 Å². The van der Waals surface area contributed by atoms with Gasteiger partial charge in [-0.2, -0.15) is 0 Å². The highest BCUT2D eigenvalue weighted by atomic mass is 32.2. The minimum atomic E-state index is -0.0940. The van der Waals surface area contributed by atoms with Crippen LogP contribution in [0, 0.1) is 0 Å². The van der Waals surface area contributed by atoms with Crippen molar-refractivity contribution in [1.29, 1.82) is 0 Å². The second kappa shape index (κ2) is 7.10. The van der Waals surface area contributed by atoms with Crippen LogP contribution in [0.25, 0.3) is 11.0 Å². The molecular weight excluding hydrogens is 330 g/mol. The summed E-state index contributed by atoms with van der Waals surface area (Å²) >= 11 is 2.84. The van der Waals surface area contributed by atoms with Gasteiger partial charge in [0, 0.05) is 6.54 Å². The second-order valence-corrected chi connectivity index (χ2v) is 6.82. The van der Waals surface area contributed by atoms with Gasteiger partial charge in [0.15, 0.2) is 5.16 Å². The number of thioether (sulfide) groups is 1. The van der Waals surface area contributed by atoms with Crippen molar-refractivity contribution in [2.75, 3.05) is 11.1 Å². The average Bonchev–Trinajstić information content (AvgIpc) is 3.16. The molecule has 0 bridgehead atoms. The predicted molar refractivity (Wildman–Crippen MR) is 94.0 cm³/mol. The number of carbonyl (C=O) groups excluding carboxylic acids is 1. The number of anilines is 1. The molecule has 0 aliphatic rings. The zero-order valence-electron chi connectivity index (χ0n) is 12.9. The predicted octanol–water partition coefficient (Wildman–Crippen LogP) is 3.20. The first kappa shape index (κ1) is 15.9. The molecule has 1 N–H and O–H groups in total. The van der Waals surface area contributed by atoms with Gasteiger partial charge in [-0.15, -0.1) is 10.2 Å². The number of hydrogen-bond donors (Lipinski definition) is 1. The van der Waals surface area contributed by atoms with Gasteiger partial charge < -0.3 is 4.57 Å². The minimum absolute atomic E-state index is 0.0940. The molecule has 1 amide bonds. The largest absolute Gasteiger partial charge is 0.319 e. The van der Waals surface area contributed by atoms with E-state index in [9.17, 15) is 4.79 Å². The summed E-state index contributed by atoms with van der Waals surface area (Å²) in [6.45, 7) is 4.91. The van der Waals surface area contributed by atoms with Crippen molar-refractivity contribution < 1.29 is 4.79 Å². The lowest BCUT2D eigenvalue weighted by atomic mass is 10.3. The van der Waals surface area contributed by atoms with Gasteiger partial charge in [0.1, 0.15) is 5.01 Å². The molecule has 0 aliphatic carbocycles. The van der Waals surface area contributed by atoms with Crippen molar-refractivity contribution in [1.82, 2.24) is 19.7 Å². The van der Waals surface area contributed by atoms with E-state index in [1.165, 1.54) is 23.1 Å². The van der Waals surface area contributed by atoms with Crippen LogP contribution in [-0.4, -0.2) is 31.4 Å². The number of benzene rings is 1. The third-order valence-corrected chi connectivity index (χ3v) is 5.24. The Bertz CT molecular complexity index is 826. The van der Waals surface area contributed by atoms with E-state index in [0.717, 1.165) is 34.2 Å². The summed E-state index contributed by atoms with van der Waals surface area (Å²) in [7, 11) is 0. The van der Waals surface area contributed by atoms with Crippen LogP contribution in [-0.2, 0) is 17.8 Å². The first-order valence-electron chi connectivity index (χ1n) is 7.41. The van der Waals surface area contributed by atoms with Gasteiger partial charge in [-0.3, -0.25) is 10.1 Å². The monoisotopic (exact) mass is 347 g/mol. The number of rotatable bonds is 6. The second-order valence-electron chi connectivity index (χ2n) is 4.82. The Balaban J connectivity index is 1.66. The van der Waals surface area contributed by atoms with Crippen molar-refractivity contribution >= 4 is 45.2 Å². The van der Waals surface area contributed by atoms with Crippen LogP contribution < -0.4 is 5.32 Å². The lowest BCUT2D eigenvalue weighted by Gasteiger charge is -2.05. The summed E-state index contributed by atoms with van der Waals surface area (Å²) in [6.07, 6.45) is 0.822. The van der Waals surface area contributed by atoms with Crippen molar-refractivity contribution in [2.45, 2.75) is 32.0 Å². The zero-order valence-corrected chi connectivity index (χ0v) is 14.6. The summed E-state index contributed by atoms with van der Waals surface area (Å²) < 4.78 is 2.12. The van der Waals surface area contributed by atoms with Crippen LogP contribution in [0.4, 0.5) is 5.13 Å². The molecule has 2 aromatic heterocycles. The van der Waals surface area contributed by atoms with Crippen molar-refractivity contribution in [3.05, 3.63) is 29.3 Å². The van der Waals surface area contributed by atoms with Crippen LogP contribution in [0.3, 0.4) is 0 Å². The first-order chi connectivity index (χ1) is 11.2. The highest BCUT2D eigenvalue weighted by molar-refractivity contribution is 7.99. The van der Waals surface area contributed by atoms with Crippen LogP contribution in [0.5, 0.6) is 0 Å². The molecule has 3 aromatic rings. The molecular formula is C15H17N5OS2. The third-order valence-electron chi connectivity index (χ3n) is 3.28. The summed E-state index contributed by atoms with van der Waals surface area (Å²) in [4.78, 5) is 16.7. The van der Waals surface area contributed by atoms with Crippen LogP contribution in [0.2, 0.25) is 0 Å². The SMILES string of the molecule is CCc1nnc(NC(=O)CSc2nc3ccccc3n2CC)s1. The summed E-state index contributed by atoms with van der Waals surface area (Å²) in [5.74, 6) is 0.202. The quantitative estimate of drug-likeness (QED) is 0.693. The molecule has 0 unspecified atom stereocenters. The number of nitrogens with zero attached hydrogens (tertiary/aromatic N) is 4. The van der Waals surface area contributed by atoms with Crippen LogP contribution in [0.1, 0.15) is 18.9 Å². The number of imidazole rings is 1. The van der Waals surface area contributed by atoms with Gasteiger partial charge in [-0.05, 0) is 25.5 Å². The molecule has 3 rings (SSSR count). The van der Waals surface area contributed by atoms with Crippen molar-refractivity contribution in [2.24, 2.45) is 0 Å². The van der Waals surface area contributed by atoms with Gasteiger partial charge in [-0.25, -0.2) is 4.98 Å². The van der Waals surface area contributed by atoms with Gasteiger partial charge >= 0.3 is 0 Å². The van der Waals surface area contributed by atoms with E-state index < -0.39 is 0 Å². The van der Waals surface area contributed by atoms with Gasteiger partial charge in [0.05, 0.1) is 16.8 Å². The summed E-state index contributed by atoms with van der Waals surface area (Å²) in [5.41, 5.74) is 2.04. The molecule has 0 spiro atoms. The molecule has 0 fully saturated rings. The van der Waals surface area contributed by atoms with Gasteiger partial charge in [0.25, 0.3) is 0 Å². The van der Waals surface area contributed by atoms with E-state index in [4.69, 9.17) is 0 Å². The van der Waals surface area contributed by atoms with E-state index >= 15 is 0 Å². The maximum Gasteiger partial charge on any atom is 0.236 e. The minimum Gasteiger partial charge on any atom is -0.319 e. The number of nitrogens with one attached hydrogen (secondary N) is 1. The number of aryl methyl sites for hydroxylation is 2. The highest BCUT2D eigenvalue weighted by Gasteiger charge is 2.13. The highest BCUT2D eigenvalue weighted by Crippen LogP contribution is 2.24. The Hall–Kier alpha value is -1.93. The Morgan fingerprint density at radius 1 is 1.30 bits per heavy atom. The molecule has 8 heteroatoms. The van der Waals surface area contributed by atoms with Crippen LogP contribution in [0.15, 0.2) is 29.4 Å². The standard InChI is InChI=1S/C15H17N5OS2/c1-3-13-18-19-14(23-13)17-12(21)9-22-15-16-10-7-5-6-8-11(10)20(15)4-2/h5-8H,3-4,9H2,1-2H3,(H,17,19,21). The maximum absolute atomic E-state index is 12.1. The Morgan fingerprint density at radius 3 is 2.87 bits per heavy atom. The van der Waals surface area contributed by atoms with Gasteiger partial charge in [-0.1, -0.05) is 42.2 Å². The molecule has 0 saturated heterocycles. The molecule has 0 atom stereocenters. The number of aromatic nitrogens is 4. The average molecular weight is 347 g/mol. The van der Waals surface area contributed by atoms with Crippen LogP contribution >= 0.6 is 23.1 Å². The lowest BCUT2D eigenvalue weighted by Crippen LogP contribution is -2.14. The molecule has 1 aromatic carbocycles. The Labute approximate surface area is 142 Å². The zero-order chi connectivity index (χ0) is 16.2. The molecule has 0 aliphatic heterocycles. The van der Waals surface area contributed by atoms with E-state index in [1.54, 1.807) is 0 Å². The number of fused-ring (bicyclic) bond motifs is 1. The van der Waals surface area contributed by atoms with Crippen molar-refractivity contribution in [3.8, 4) is 0 Å². The summed E-state index contributed by atoms with van der Waals surface area (Å²) in [6, 6.07) is 8.00. The number of hydrogen-bond acceptors (Lipinski definition) is 6. The van der Waals surface area contributed by atoms with E-state index in [2.05, 4.69) is 32.0 Å². The molecule has 120 valence electrons. The Kier molecular flexibility index (Phi) is 4.92. The number of para-hydroxylation sites is 2. The molecule has 6 nitrogen and oxygen atoms in total. The van der Waals surface area contributed by atoms with Gasteiger partial charge in [0.2, 0.25) is 11.0 Å². The first-order valence-corrected chi connectivity index (χ1v) is 9.21. The third kappa shape index (κ3) is 3.53. The Morgan fingerprint density at radius 2 is 2.13 bits per heavy atom. The van der Waals surface area contributed by atoms with E-state index in [-0.39, 0.29) is 5.91 Å². The molecule has 0 radical (unpaired) electrons. The lowest BCUT2D eigenvalue weighted by molar-refractivity contribution is -0.113. The fourth-order valence-electron chi connectivity index (χ4n) is 2.20. The summed E-state index contributed by atoms with van der Waals surface area (Å²) in [5, 5.41) is 13.1. The van der Waals surface area contributed by atoms with Crippen molar-refractivity contribution in [3.63, 3.8) is 0 Å².